The summed E-state index contributed by atoms with van der Waals surface area (Å²) in [6.07, 6.45) is 0. The van der Waals surface area contributed by atoms with Gasteiger partial charge in [-0.1, -0.05) is 37.3 Å². The van der Waals surface area contributed by atoms with Crippen molar-refractivity contribution in [3.63, 3.8) is 0 Å². The number of nitrogens with one attached hydrogen (secondary N) is 1. The Hall–Kier alpha value is -0.860. The van der Waals surface area contributed by atoms with E-state index in [1.807, 2.05) is 19.1 Å². The van der Waals surface area contributed by atoms with Gasteiger partial charge in [-0.15, -0.1) is 0 Å². The molecule has 2 nitrogen and oxygen atoms in total. The minimum Gasteiger partial charge on any atom is -0.255 e. The van der Waals surface area contributed by atoms with E-state index in [1.54, 1.807) is 0 Å². The van der Waals surface area contributed by atoms with E-state index in [1.165, 1.54) is 5.56 Å². The maximum atomic E-state index is 3.28. The third-order valence-electron chi connectivity index (χ3n) is 2.08. The molecule has 1 unspecified atom stereocenters. The van der Waals surface area contributed by atoms with Gasteiger partial charge in [0.15, 0.2) is 0 Å². The molecular weight excluding hydrogens is 160 g/mol. The molecule has 0 amide bonds. The van der Waals surface area contributed by atoms with Crippen LogP contribution in [0.4, 0.5) is 0 Å². The molecular formula is C11H18N2. The van der Waals surface area contributed by atoms with Crippen molar-refractivity contribution in [3.05, 3.63) is 35.9 Å². The molecule has 0 saturated heterocycles. The Labute approximate surface area is 80.5 Å². The van der Waals surface area contributed by atoms with Gasteiger partial charge in [-0.05, 0) is 11.5 Å². The number of nitrogens with zero attached hydrogens (tertiary/aromatic N) is 1. The zero-order valence-corrected chi connectivity index (χ0v) is 8.62. The van der Waals surface area contributed by atoms with Gasteiger partial charge in [0.2, 0.25) is 0 Å². The molecule has 1 atom stereocenters. The average molecular weight is 178 g/mol. The zero-order valence-electron chi connectivity index (χ0n) is 8.62. The van der Waals surface area contributed by atoms with Crippen LogP contribution in [0.15, 0.2) is 30.3 Å². The van der Waals surface area contributed by atoms with E-state index in [9.17, 15) is 0 Å². The van der Waals surface area contributed by atoms with Crippen molar-refractivity contribution in [2.75, 3.05) is 20.6 Å². The number of hydrogen-bond acceptors (Lipinski definition) is 2. The fourth-order valence-electron chi connectivity index (χ4n) is 1.22. The van der Waals surface area contributed by atoms with Crippen LogP contribution in [0, 0.1) is 0 Å². The van der Waals surface area contributed by atoms with Gasteiger partial charge < -0.3 is 0 Å². The quantitative estimate of drug-likeness (QED) is 0.708. The number of rotatable bonds is 4. The first-order valence-electron chi connectivity index (χ1n) is 4.66. The Morgan fingerprint density at radius 2 is 1.85 bits per heavy atom. The van der Waals surface area contributed by atoms with Crippen molar-refractivity contribution in [1.82, 2.24) is 10.4 Å². The van der Waals surface area contributed by atoms with E-state index in [0.717, 1.165) is 6.54 Å². The second-order valence-electron chi connectivity index (χ2n) is 3.57. The normalized spacial score (nSPS) is 13.2. The third-order valence-corrected chi connectivity index (χ3v) is 2.08. The van der Waals surface area contributed by atoms with Gasteiger partial charge in [-0.2, -0.15) is 0 Å². The molecule has 0 heterocycles. The topological polar surface area (TPSA) is 15.3 Å². The van der Waals surface area contributed by atoms with Crippen LogP contribution in [0.1, 0.15) is 18.4 Å². The van der Waals surface area contributed by atoms with E-state index >= 15 is 0 Å². The van der Waals surface area contributed by atoms with Crippen LogP contribution >= 0.6 is 0 Å². The van der Waals surface area contributed by atoms with Crippen molar-refractivity contribution in [2.24, 2.45) is 0 Å². The highest BCUT2D eigenvalue weighted by atomic mass is 15.5. The molecule has 1 aromatic rings. The summed E-state index contributed by atoms with van der Waals surface area (Å²) in [6, 6.07) is 10.6. The lowest BCUT2D eigenvalue weighted by atomic mass is 10.0. The fourth-order valence-corrected chi connectivity index (χ4v) is 1.22. The highest BCUT2D eigenvalue weighted by molar-refractivity contribution is 5.18. The summed E-state index contributed by atoms with van der Waals surface area (Å²) in [5, 5.41) is 1.99. The molecule has 0 bridgehead atoms. The Morgan fingerprint density at radius 1 is 1.23 bits per heavy atom. The molecule has 1 N–H and O–H groups in total. The molecule has 72 valence electrons. The van der Waals surface area contributed by atoms with Crippen LogP contribution in [0.5, 0.6) is 0 Å². The average Bonchev–Trinajstić information content (AvgIpc) is 2.15. The van der Waals surface area contributed by atoms with Crippen LogP contribution in [0.2, 0.25) is 0 Å². The second-order valence-corrected chi connectivity index (χ2v) is 3.57. The first kappa shape index (κ1) is 10.2. The van der Waals surface area contributed by atoms with Crippen molar-refractivity contribution < 1.29 is 0 Å². The molecule has 0 saturated carbocycles. The fraction of sp³-hybridized carbons (Fsp3) is 0.455. The Kier molecular flexibility index (Phi) is 3.93. The maximum Gasteiger partial charge on any atom is 0.0168 e. The predicted molar refractivity (Wildman–Crippen MR) is 56.5 cm³/mol. The molecule has 13 heavy (non-hydrogen) atoms. The molecule has 1 aromatic carbocycles. The molecule has 2 heteroatoms. The molecule has 0 radical (unpaired) electrons. The third kappa shape index (κ3) is 3.57. The number of benzene rings is 1. The summed E-state index contributed by atoms with van der Waals surface area (Å²) in [5.74, 6) is 0.559. The van der Waals surface area contributed by atoms with Crippen LogP contribution in [-0.2, 0) is 0 Å². The largest absolute Gasteiger partial charge is 0.255 e. The van der Waals surface area contributed by atoms with E-state index in [-0.39, 0.29) is 0 Å². The minimum absolute atomic E-state index is 0.559. The Morgan fingerprint density at radius 3 is 2.38 bits per heavy atom. The van der Waals surface area contributed by atoms with E-state index in [4.69, 9.17) is 0 Å². The van der Waals surface area contributed by atoms with Gasteiger partial charge in [-0.25, -0.2) is 0 Å². The van der Waals surface area contributed by atoms with Gasteiger partial charge in [-0.3, -0.25) is 10.4 Å². The standard InChI is InChI=1S/C11H18N2/c1-10(9-12-13(2)3)11-7-5-4-6-8-11/h4-8,10,12H,9H2,1-3H3. The van der Waals surface area contributed by atoms with Crippen LogP contribution in [0.25, 0.3) is 0 Å². The zero-order chi connectivity index (χ0) is 9.68. The van der Waals surface area contributed by atoms with Gasteiger partial charge in [0.05, 0.1) is 0 Å². The SMILES string of the molecule is CC(CNN(C)C)c1ccccc1. The first-order chi connectivity index (χ1) is 6.20. The highest BCUT2D eigenvalue weighted by Gasteiger charge is 2.03. The number of hydrogen-bond donors (Lipinski definition) is 1. The lowest BCUT2D eigenvalue weighted by Crippen LogP contribution is -2.33. The smallest absolute Gasteiger partial charge is 0.0168 e. The summed E-state index contributed by atoms with van der Waals surface area (Å²) in [4.78, 5) is 0. The highest BCUT2D eigenvalue weighted by Crippen LogP contribution is 2.12. The van der Waals surface area contributed by atoms with Crippen molar-refractivity contribution >= 4 is 0 Å². The van der Waals surface area contributed by atoms with Crippen molar-refractivity contribution in [2.45, 2.75) is 12.8 Å². The van der Waals surface area contributed by atoms with Gasteiger partial charge in [0.1, 0.15) is 0 Å². The lowest BCUT2D eigenvalue weighted by molar-refractivity contribution is 0.282. The van der Waals surface area contributed by atoms with Crippen molar-refractivity contribution in [3.8, 4) is 0 Å². The molecule has 0 fully saturated rings. The summed E-state index contributed by atoms with van der Waals surface area (Å²) >= 11 is 0. The molecule has 1 rings (SSSR count). The van der Waals surface area contributed by atoms with E-state index in [0.29, 0.717) is 5.92 Å². The minimum atomic E-state index is 0.559. The summed E-state index contributed by atoms with van der Waals surface area (Å²) in [5.41, 5.74) is 4.66. The summed E-state index contributed by atoms with van der Waals surface area (Å²) in [6.45, 7) is 3.21. The van der Waals surface area contributed by atoms with Gasteiger partial charge in [0.25, 0.3) is 0 Å². The lowest BCUT2D eigenvalue weighted by Gasteiger charge is -2.17. The van der Waals surface area contributed by atoms with Crippen LogP contribution < -0.4 is 5.43 Å². The monoisotopic (exact) mass is 178 g/mol. The molecule has 0 aromatic heterocycles. The van der Waals surface area contributed by atoms with Gasteiger partial charge >= 0.3 is 0 Å². The van der Waals surface area contributed by atoms with E-state index in [2.05, 4.69) is 42.7 Å². The van der Waals surface area contributed by atoms with Crippen molar-refractivity contribution in [1.29, 1.82) is 0 Å². The van der Waals surface area contributed by atoms with Crippen LogP contribution in [-0.4, -0.2) is 25.6 Å². The molecule has 0 aliphatic carbocycles. The summed E-state index contributed by atoms with van der Waals surface area (Å²) < 4.78 is 0. The van der Waals surface area contributed by atoms with Gasteiger partial charge in [0, 0.05) is 20.6 Å². The Bertz CT molecular complexity index is 231. The summed E-state index contributed by atoms with van der Waals surface area (Å²) in [7, 11) is 4.02. The van der Waals surface area contributed by atoms with E-state index < -0.39 is 0 Å². The first-order valence-corrected chi connectivity index (χ1v) is 4.66. The molecule has 0 aliphatic rings. The second kappa shape index (κ2) is 5.00. The maximum absolute atomic E-state index is 3.28. The molecule has 0 aliphatic heterocycles. The van der Waals surface area contributed by atoms with Crippen LogP contribution in [0.3, 0.4) is 0 Å². The Balaban J connectivity index is 2.44. The predicted octanol–water partition coefficient (Wildman–Crippen LogP) is 1.86. The molecule has 0 spiro atoms. The number of hydrazine groups is 1.